The molecular formula is C12H18N6O. The summed E-state index contributed by atoms with van der Waals surface area (Å²) in [7, 11) is 1.80. The number of aromatic nitrogens is 4. The molecule has 0 spiro atoms. The van der Waals surface area contributed by atoms with Crippen molar-refractivity contribution in [2.24, 2.45) is 5.92 Å². The van der Waals surface area contributed by atoms with Crippen molar-refractivity contribution in [3.8, 4) is 0 Å². The normalized spacial score (nSPS) is 21.0. The fourth-order valence-corrected chi connectivity index (χ4v) is 2.55. The zero-order chi connectivity index (χ0) is 13.4. The van der Waals surface area contributed by atoms with Crippen LogP contribution in [0, 0.1) is 5.92 Å². The molecule has 0 amide bonds. The SMILES string of the molecule is CNc1nc(N2CCC(C(C)O)C2)c2cn[nH]c2n1. The van der Waals surface area contributed by atoms with Crippen molar-refractivity contribution in [1.82, 2.24) is 20.2 Å². The van der Waals surface area contributed by atoms with Gasteiger partial charge in [0, 0.05) is 26.1 Å². The minimum atomic E-state index is -0.282. The van der Waals surface area contributed by atoms with Crippen molar-refractivity contribution < 1.29 is 5.11 Å². The van der Waals surface area contributed by atoms with Crippen LogP contribution in [0.1, 0.15) is 13.3 Å². The maximum Gasteiger partial charge on any atom is 0.226 e. The van der Waals surface area contributed by atoms with Gasteiger partial charge in [0.15, 0.2) is 5.65 Å². The number of hydrogen-bond donors (Lipinski definition) is 3. The van der Waals surface area contributed by atoms with Crippen LogP contribution in [0.2, 0.25) is 0 Å². The largest absolute Gasteiger partial charge is 0.393 e. The van der Waals surface area contributed by atoms with Crippen LogP contribution in [0.15, 0.2) is 6.20 Å². The number of aliphatic hydroxyl groups excluding tert-OH is 1. The van der Waals surface area contributed by atoms with Gasteiger partial charge in [0.05, 0.1) is 17.7 Å². The molecule has 2 unspecified atom stereocenters. The molecule has 7 nitrogen and oxygen atoms in total. The highest BCUT2D eigenvalue weighted by Crippen LogP contribution is 2.29. The first-order valence-corrected chi connectivity index (χ1v) is 6.51. The number of nitrogens with one attached hydrogen (secondary N) is 2. The number of fused-ring (bicyclic) bond motifs is 1. The average molecular weight is 262 g/mol. The lowest BCUT2D eigenvalue weighted by molar-refractivity contribution is 0.136. The Balaban J connectivity index is 1.98. The van der Waals surface area contributed by atoms with E-state index in [2.05, 4.69) is 30.4 Å². The molecule has 1 saturated heterocycles. The van der Waals surface area contributed by atoms with E-state index in [9.17, 15) is 5.11 Å². The van der Waals surface area contributed by atoms with Gasteiger partial charge in [-0.25, -0.2) is 0 Å². The maximum absolute atomic E-state index is 9.70. The van der Waals surface area contributed by atoms with E-state index >= 15 is 0 Å². The van der Waals surface area contributed by atoms with E-state index in [4.69, 9.17) is 0 Å². The van der Waals surface area contributed by atoms with Crippen molar-refractivity contribution >= 4 is 22.8 Å². The Morgan fingerprint density at radius 1 is 1.53 bits per heavy atom. The molecule has 102 valence electrons. The fourth-order valence-electron chi connectivity index (χ4n) is 2.55. The van der Waals surface area contributed by atoms with Gasteiger partial charge >= 0.3 is 0 Å². The van der Waals surface area contributed by atoms with E-state index in [0.29, 0.717) is 11.9 Å². The van der Waals surface area contributed by atoms with Crippen molar-refractivity contribution in [3.05, 3.63) is 6.20 Å². The second kappa shape index (κ2) is 4.65. The van der Waals surface area contributed by atoms with E-state index in [-0.39, 0.29) is 6.10 Å². The number of anilines is 2. The smallest absolute Gasteiger partial charge is 0.226 e. The van der Waals surface area contributed by atoms with Gasteiger partial charge < -0.3 is 15.3 Å². The van der Waals surface area contributed by atoms with Crippen LogP contribution in [0.4, 0.5) is 11.8 Å². The Bertz CT molecular complexity index is 581. The monoisotopic (exact) mass is 262 g/mol. The maximum atomic E-state index is 9.70. The summed E-state index contributed by atoms with van der Waals surface area (Å²) in [5, 5.41) is 20.5. The summed E-state index contributed by atoms with van der Waals surface area (Å²) in [5.41, 5.74) is 0.731. The van der Waals surface area contributed by atoms with Crippen LogP contribution in [0.25, 0.3) is 11.0 Å². The Kier molecular flexibility index (Phi) is 2.98. The van der Waals surface area contributed by atoms with Gasteiger partial charge in [0.2, 0.25) is 5.95 Å². The Morgan fingerprint density at radius 2 is 2.37 bits per heavy atom. The van der Waals surface area contributed by atoms with Crippen molar-refractivity contribution in [1.29, 1.82) is 0 Å². The molecule has 1 fully saturated rings. The van der Waals surface area contributed by atoms with Crippen LogP contribution in [0.3, 0.4) is 0 Å². The Labute approximate surface area is 111 Å². The third-order valence-corrected chi connectivity index (χ3v) is 3.72. The predicted octanol–water partition coefficient (Wildman–Crippen LogP) is 0.602. The van der Waals surface area contributed by atoms with Gasteiger partial charge in [-0.2, -0.15) is 15.1 Å². The number of hydrogen-bond acceptors (Lipinski definition) is 6. The lowest BCUT2D eigenvalue weighted by Gasteiger charge is -2.19. The number of aliphatic hydroxyl groups is 1. The molecule has 19 heavy (non-hydrogen) atoms. The van der Waals surface area contributed by atoms with Crippen LogP contribution >= 0.6 is 0 Å². The number of H-pyrrole nitrogens is 1. The second-order valence-electron chi connectivity index (χ2n) is 4.99. The highest BCUT2D eigenvalue weighted by Gasteiger charge is 2.28. The minimum absolute atomic E-state index is 0.282. The first-order chi connectivity index (χ1) is 9.19. The molecule has 3 N–H and O–H groups in total. The highest BCUT2D eigenvalue weighted by molar-refractivity contribution is 5.87. The summed E-state index contributed by atoms with van der Waals surface area (Å²) in [6.07, 6.45) is 2.45. The Morgan fingerprint density at radius 3 is 3.05 bits per heavy atom. The molecule has 1 aliphatic heterocycles. The quantitative estimate of drug-likeness (QED) is 0.750. The molecule has 0 radical (unpaired) electrons. The van der Waals surface area contributed by atoms with Gasteiger partial charge in [-0.1, -0.05) is 0 Å². The average Bonchev–Trinajstić information content (AvgIpc) is 3.06. The van der Waals surface area contributed by atoms with E-state index in [1.54, 1.807) is 13.2 Å². The molecule has 3 rings (SSSR count). The topological polar surface area (TPSA) is 90.0 Å². The zero-order valence-corrected chi connectivity index (χ0v) is 11.1. The summed E-state index contributed by atoms with van der Waals surface area (Å²) in [5.74, 6) is 1.76. The molecule has 0 bridgehead atoms. The van der Waals surface area contributed by atoms with E-state index < -0.39 is 0 Å². The minimum Gasteiger partial charge on any atom is -0.393 e. The van der Waals surface area contributed by atoms with E-state index in [0.717, 1.165) is 36.4 Å². The molecule has 2 aromatic heterocycles. The standard InChI is InChI=1S/C12H18N6O/c1-7(19)8-3-4-18(6-8)11-9-5-14-17-10(9)15-12(13-2)16-11/h5,7-8,19H,3-4,6H2,1-2H3,(H2,13,14,15,16,17). The van der Waals surface area contributed by atoms with E-state index in [1.165, 1.54) is 0 Å². The molecule has 7 heteroatoms. The lowest BCUT2D eigenvalue weighted by atomic mass is 10.0. The van der Waals surface area contributed by atoms with Gasteiger partial charge in [-0.05, 0) is 13.3 Å². The number of rotatable bonds is 3. The van der Waals surface area contributed by atoms with Gasteiger partial charge in [-0.15, -0.1) is 0 Å². The van der Waals surface area contributed by atoms with E-state index in [1.807, 2.05) is 6.92 Å². The summed E-state index contributed by atoms with van der Waals surface area (Å²) in [4.78, 5) is 11.0. The zero-order valence-electron chi connectivity index (χ0n) is 11.1. The lowest BCUT2D eigenvalue weighted by Crippen LogP contribution is -2.25. The highest BCUT2D eigenvalue weighted by atomic mass is 16.3. The molecule has 0 aromatic carbocycles. The van der Waals surface area contributed by atoms with Crippen molar-refractivity contribution in [3.63, 3.8) is 0 Å². The van der Waals surface area contributed by atoms with Crippen molar-refractivity contribution in [2.75, 3.05) is 30.4 Å². The third-order valence-electron chi connectivity index (χ3n) is 3.72. The Hall–Kier alpha value is -1.89. The fraction of sp³-hybridized carbons (Fsp3) is 0.583. The number of aromatic amines is 1. The summed E-state index contributed by atoms with van der Waals surface area (Å²) >= 11 is 0. The van der Waals surface area contributed by atoms with Crippen LogP contribution in [-0.2, 0) is 0 Å². The summed E-state index contributed by atoms with van der Waals surface area (Å²) in [6, 6.07) is 0. The molecule has 1 aliphatic rings. The van der Waals surface area contributed by atoms with Gasteiger partial charge in [-0.3, -0.25) is 5.10 Å². The molecule has 0 aliphatic carbocycles. The van der Waals surface area contributed by atoms with Crippen LogP contribution in [0.5, 0.6) is 0 Å². The van der Waals surface area contributed by atoms with Crippen LogP contribution < -0.4 is 10.2 Å². The molecule has 2 atom stereocenters. The summed E-state index contributed by atoms with van der Waals surface area (Å²) in [6.45, 7) is 3.56. The molecular weight excluding hydrogens is 244 g/mol. The summed E-state index contributed by atoms with van der Waals surface area (Å²) < 4.78 is 0. The predicted molar refractivity (Wildman–Crippen MR) is 73.2 cm³/mol. The molecule has 0 saturated carbocycles. The second-order valence-corrected chi connectivity index (χ2v) is 4.99. The van der Waals surface area contributed by atoms with Gasteiger partial charge in [0.1, 0.15) is 5.82 Å². The van der Waals surface area contributed by atoms with Gasteiger partial charge in [0.25, 0.3) is 0 Å². The molecule has 3 heterocycles. The first-order valence-electron chi connectivity index (χ1n) is 6.51. The number of nitrogens with zero attached hydrogens (tertiary/aromatic N) is 4. The first kappa shape index (κ1) is 12.2. The molecule has 2 aromatic rings. The third kappa shape index (κ3) is 2.10. The van der Waals surface area contributed by atoms with Crippen molar-refractivity contribution in [2.45, 2.75) is 19.4 Å². The van der Waals surface area contributed by atoms with Crippen LogP contribution in [-0.4, -0.2) is 51.5 Å².